The highest BCUT2D eigenvalue weighted by atomic mass is 16.5. The van der Waals surface area contributed by atoms with E-state index in [1.54, 1.807) is 37.6 Å². The van der Waals surface area contributed by atoms with Gasteiger partial charge in [-0.25, -0.2) is 4.79 Å². The number of nitrogens with zero attached hydrogens (tertiary/aromatic N) is 2. The highest BCUT2D eigenvalue weighted by Gasteiger charge is 2.45. The summed E-state index contributed by atoms with van der Waals surface area (Å²) in [7, 11) is 4.85. The molecule has 1 aliphatic carbocycles. The first kappa shape index (κ1) is 16.2. The Bertz CT molecular complexity index is 573. The van der Waals surface area contributed by atoms with Gasteiger partial charge in [0.05, 0.1) is 12.5 Å². The van der Waals surface area contributed by atoms with Gasteiger partial charge >= 0.3 is 5.97 Å². The quantitative estimate of drug-likeness (QED) is 0.361. The van der Waals surface area contributed by atoms with Crippen molar-refractivity contribution in [2.24, 2.45) is 0 Å². The molecular formula is C17H22N2O3. The molecule has 0 spiro atoms. The Morgan fingerprint density at radius 1 is 1.32 bits per heavy atom. The van der Waals surface area contributed by atoms with Crippen LogP contribution in [0.25, 0.3) is 0 Å². The first-order chi connectivity index (χ1) is 10.5. The molecule has 5 heteroatoms. The van der Waals surface area contributed by atoms with Gasteiger partial charge < -0.3 is 9.64 Å². The second-order valence-corrected chi connectivity index (χ2v) is 5.86. The van der Waals surface area contributed by atoms with Gasteiger partial charge in [-0.05, 0) is 24.5 Å². The second-order valence-electron chi connectivity index (χ2n) is 5.86. The molecule has 0 aliphatic heterocycles. The number of Topliss-reactive ketones (excluding diaryl/α,β-unsaturated/α-hetero) is 1. The first-order valence-electron chi connectivity index (χ1n) is 7.43. The van der Waals surface area contributed by atoms with E-state index in [4.69, 9.17) is 4.74 Å². The highest BCUT2D eigenvalue weighted by molar-refractivity contribution is 6.21. The maximum absolute atomic E-state index is 13.2. The third-order valence-corrected chi connectivity index (χ3v) is 4.14. The van der Waals surface area contributed by atoms with Crippen LogP contribution in [0.5, 0.6) is 0 Å². The van der Waals surface area contributed by atoms with Gasteiger partial charge in [-0.1, -0.05) is 18.9 Å². The fourth-order valence-electron chi connectivity index (χ4n) is 3.10. The lowest BCUT2D eigenvalue weighted by molar-refractivity contribution is -0.138. The predicted molar refractivity (Wildman–Crippen MR) is 83.2 cm³/mol. The van der Waals surface area contributed by atoms with Gasteiger partial charge in [0, 0.05) is 32.7 Å². The Kier molecular flexibility index (Phi) is 4.96. The largest absolute Gasteiger partial charge is 0.465 e. The summed E-state index contributed by atoms with van der Waals surface area (Å²) in [6, 6.07) is 3.75. The molecule has 1 saturated carbocycles. The summed E-state index contributed by atoms with van der Waals surface area (Å²) in [5.74, 6) is -0.757. The summed E-state index contributed by atoms with van der Waals surface area (Å²) >= 11 is 0. The minimum Gasteiger partial charge on any atom is -0.465 e. The van der Waals surface area contributed by atoms with Crippen molar-refractivity contribution in [3.8, 4) is 0 Å². The van der Waals surface area contributed by atoms with Crippen molar-refractivity contribution >= 4 is 11.8 Å². The minimum absolute atomic E-state index is 0.0956. The Labute approximate surface area is 131 Å². The van der Waals surface area contributed by atoms with Gasteiger partial charge in [-0.3, -0.25) is 9.78 Å². The van der Waals surface area contributed by atoms with E-state index >= 15 is 0 Å². The van der Waals surface area contributed by atoms with Crippen molar-refractivity contribution in [2.45, 2.75) is 31.1 Å². The molecule has 0 aromatic carbocycles. The lowest BCUT2D eigenvalue weighted by atomic mass is 9.73. The molecule has 2 rings (SSSR count). The summed E-state index contributed by atoms with van der Waals surface area (Å²) in [4.78, 5) is 31.1. The van der Waals surface area contributed by atoms with E-state index in [0.717, 1.165) is 31.2 Å². The van der Waals surface area contributed by atoms with Crippen LogP contribution in [0.4, 0.5) is 0 Å². The van der Waals surface area contributed by atoms with Gasteiger partial charge in [0.1, 0.15) is 5.57 Å². The summed E-state index contributed by atoms with van der Waals surface area (Å²) in [5, 5.41) is 0. The van der Waals surface area contributed by atoms with Crippen LogP contribution in [-0.4, -0.2) is 42.8 Å². The number of hydrogen-bond donors (Lipinski definition) is 0. The van der Waals surface area contributed by atoms with Crippen LogP contribution in [0.3, 0.4) is 0 Å². The molecule has 22 heavy (non-hydrogen) atoms. The lowest BCUT2D eigenvalue weighted by Gasteiger charge is -2.28. The van der Waals surface area contributed by atoms with Crippen molar-refractivity contribution in [3.63, 3.8) is 0 Å². The van der Waals surface area contributed by atoms with Gasteiger partial charge in [-0.15, -0.1) is 0 Å². The summed E-state index contributed by atoms with van der Waals surface area (Å²) in [5.41, 5.74) is 0.314. The predicted octanol–water partition coefficient (Wildman–Crippen LogP) is 2.08. The number of carbonyl (C=O) groups excluding carboxylic acids is 2. The van der Waals surface area contributed by atoms with Crippen molar-refractivity contribution in [1.29, 1.82) is 0 Å². The number of ketones is 1. The van der Waals surface area contributed by atoms with E-state index < -0.39 is 11.4 Å². The van der Waals surface area contributed by atoms with E-state index in [2.05, 4.69) is 4.98 Å². The molecule has 1 heterocycles. The van der Waals surface area contributed by atoms with Gasteiger partial charge in [-0.2, -0.15) is 0 Å². The Morgan fingerprint density at radius 2 is 2.00 bits per heavy atom. The normalized spacial score (nSPS) is 17.1. The van der Waals surface area contributed by atoms with Crippen molar-refractivity contribution in [3.05, 3.63) is 41.9 Å². The molecule has 0 saturated heterocycles. The summed E-state index contributed by atoms with van der Waals surface area (Å²) in [6.45, 7) is 0. The molecule has 1 aliphatic rings. The molecule has 0 atom stereocenters. The zero-order valence-electron chi connectivity index (χ0n) is 13.3. The molecule has 0 amide bonds. The molecular weight excluding hydrogens is 280 g/mol. The van der Waals surface area contributed by atoms with E-state index in [1.807, 2.05) is 12.1 Å². The fourth-order valence-corrected chi connectivity index (χ4v) is 3.10. The Morgan fingerprint density at radius 3 is 2.50 bits per heavy atom. The molecule has 1 aromatic rings. The molecule has 5 nitrogen and oxygen atoms in total. The number of rotatable bonds is 5. The Hall–Kier alpha value is -2.17. The smallest absolute Gasteiger partial charge is 0.343 e. The maximum Gasteiger partial charge on any atom is 0.343 e. The number of aromatic nitrogens is 1. The van der Waals surface area contributed by atoms with Crippen molar-refractivity contribution < 1.29 is 14.3 Å². The van der Waals surface area contributed by atoms with Crippen LogP contribution in [-0.2, 0) is 19.7 Å². The highest BCUT2D eigenvalue weighted by Crippen LogP contribution is 2.43. The van der Waals surface area contributed by atoms with Crippen LogP contribution >= 0.6 is 0 Å². The molecule has 1 aromatic heterocycles. The molecule has 0 unspecified atom stereocenters. The summed E-state index contributed by atoms with van der Waals surface area (Å²) < 4.78 is 4.80. The molecule has 1 fully saturated rings. The lowest BCUT2D eigenvalue weighted by Crippen LogP contribution is -2.37. The number of hydrogen-bond acceptors (Lipinski definition) is 5. The van der Waals surface area contributed by atoms with Crippen LogP contribution in [0, 0.1) is 0 Å². The van der Waals surface area contributed by atoms with E-state index in [-0.39, 0.29) is 11.4 Å². The van der Waals surface area contributed by atoms with Gasteiger partial charge in [0.25, 0.3) is 0 Å². The van der Waals surface area contributed by atoms with Crippen molar-refractivity contribution in [1.82, 2.24) is 9.88 Å². The molecule has 0 N–H and O–H groups in total. The number of ether oxygens (including phenoxy) is 1. The molecule has 118 valence electrons. The standard InChI is InChI=1S/C17H22N2O3/c1-19(2)12-14(16(21)22-3)15(20)17(8-4-5-9-17)13-7-6-10-18-11-13/h6-7,10-12H,4-5,8-9H2,1-3H3/b14-12+. The third kappa shape index (κ3) is 3.03. The first-order valence-corrected chi connectivity index (χ1v) is 7.43. The fraction of sp³-hybridized carbons (Fsp3) is 0.471. The molecule has 0 radical (unpaired) electrons. The number of carbonyl (C=O) groups is 2. The summed E-state index contributed by atoms with van der Waals surface area (Å²) in [6.07, 6.45) is 8.37. The number of pyridine rings is 1. The van der Waals surface area contributed by atoms with Crippen molar-refractivity contribution in [2.75, 3.05) is 21.2 Å². The maximum atomic E-state index is 13.2. The average molecular weight is 302 g/mol. The van der Waals surface area contributed by atoms with Crippen LogP contribution in [0.15, 0.2) is 36.3 Å². The zero-order valence-corrected chi connectivity index (χ0v) is 13.3. The average Bonchev–Trinajstić information content (AvgIpc) is 3.03. The van der Waals surface area contributed by atoms with Gasteiger partial charge in [0.2, 0.25) is 0 Å². The topological polar surface area (TPSA) is 59.5 Å². The van der Waals surface area contributed by atoms with Gasteiger partial charge in [0.15, 0.2) is 5.78 Å². The number of esters is 1. The van der Waals surface area contributed by atoms with Crippen LogP contribution in [0.2, 0.25) is 0 Å². The minimum atomic E-state index is -0.662. The van der Waals surface area contributed by atoms with Crippen LogP contribution in [0.1, 0.15) is 31.2 Å². The SMILES string of the molecule is COC(=O)/C(=C/N(C)C)C(=O)C1(c2cccnc2)CCCC1. The second kappa shape index (κ2) is 6.73. The Balaban J connectivity index is 2.48. The molecule has 0 bridgehead atoms. The van der Waals surface area contributed by atoms with E-state index in [0.29, 0.717) is 0 Å². The zero-order chi connectivity index (χ0) is 16.2. The van der Waals surface area contributed by atoms with Crippen LogP contribution < -0.4 is 0 Å². The number of methoxy groups -OCH3 is 1. The monoisotopic (exact) mass is 302 g/mol. The van der Waals surface area contributed by atoms with E-state index in [1.165, 1.54) is 7.11 Å². The third-order valence-electron chi connectivity index (χ3n) is 4.14. The van der Waals surface area contributed by atoms with E-state index in [9.17, 15) is 9.59 Å².